The topological polar surface area (TPSA) is 120 Å². The monoisotopic (exact) mass is 397 g/mol. The Bertz CT molecular complexity index is 277. The molecular weight excluding hydrogens is 384 g/mol. The van der Waals surface area contributed by atoms with Gasteiger partial charge < -0.3 is 29.7 Å². The van der Waals surface area contributed by atoms with Gasteiger partial charge in [-0.15, -0.1) is 0 Å². The molecule has 0 aromatic rings. The second-order valence-electron chi connectivity index (χ2n) is 3.20. The fraction of sp³-hybridized carbons (Fsp3) is 0.250. The van der Waals surface area contributed by atoms with Crippen LogP contribution in [0.3, 0.4) is 0 Å². The van der Waals surface area contributed by atoms with E-state index in [1.165, 1.54) is 20.8 Å². The fourth-order valence-corrected chi connectivity index (χ4v) is 0. The largest absolute Gasteiger partial charge is 3.00 e. The van der Waals surface area contributed by atoms with Gasteiger partial charge in [0.05, 0.1) is 17.9 Å². The second kappa shape index (κ2) is 15.0. The molecule has 0 aliphatic carbocycles. The minimum absolute atomic E-state index is 0. The summed E-state index contributed by atoms with van der Waals surface area (Å²) in [5.74, 6) is -3.56. The first-order valence-corrected chi connectivity index (χ1v) is 4.54. The summed E-state index contributed by atoms with van der Waals surface area (Å²) in [4.78, 5) is 28.5. The molecule has 0 unspecified atom stereocenters. The van der Waals surface area contributed by atoms with Crippen LogP contribution in [0, 0.1) is 40.8 Å². The summed E-state index contributed by atoms with van der Waals surface area (Å²) in [6.45, 7) is 13.4. The van der Waals surface area contributed by atoms with E-state index in [0.717, 1.165) is 0 Å². The van der Waals surface area contributed by atoms with Gasteiger partial charge in [-0.3, -0.25) is 0 Å². The van der Waals surface area contributed by atoms with E-state index in [1.54, 1.807) is 0 Å². The second-order valence-corrected chi connectivity index (χ2v) is 3.20. The quantitative estimate of drug-likeness (QED) is 0.503. The zero-order chi connectivity index (χ0) is 15.5. The molecule has 0 spiro atoms. The minimum Gasteiger partial charge on any atom is -0.545 e. The molecule has 0 aromatic carbocycles. The van der Waals surface area contributed by atoms with Crippen LogP contribution >= 0.6 is 0 Å². The molecular formula is C12H15NdO6. The third kappa shape index (κ3) is 31.6. The van der Waals surface area contributed by atoms with E-state index >= 15 is 0 Å². The first-order valence-electron chi connectivity index (χ1n) is 4.54. The summed E-state index contributed by atoms with van der Waals surface area (Å²) in [7, 11) is 0. The van der Waals surface area contributed by atoms with Gasteiger partial charge in [0.15, 0.2) is 0 Å². The first-order chi connectivity index (χ1) is 7.93. The minimum atomic E-state index is -1.19. The molecule has 0 saturated heterocycles. The third-order valence-corrected chi connectivity index (χ3v) is 1.05. The fourth-order valence-electron chi connectivity index (χ4n) is 0. The van der Waals surface area contributed by atoms with Gasteiger partial charge in [0.2, 0.25) is 0 Å². The molecule has 0 rings (SSSR count). The van der Waals surface area contributed by atoms with Crippen molar-refractivity contribution < 1.29 is 70.5 Å². The predicted molar refractivity (Wildman–Crippen MR) is 59.5 cm³/mol. The van der Waals surface area contributed by atoms with Crippen molar-refractivity contribution in [3.8, 4) is 0 Å². The van der Waals surface area contributed by atoms with Crippen LogP contribution in [0.2, 0.25) is 0 Å². The molecule has 0 bridgehead atoms. The van der Waals surface area contributed by atoms with E-state index in [4.69, 9.17) is 0 Å². The summed E-state index contributed by atoms with van der Waals surface area (Å²) >= 11 is 0. The summed E-state index contributed by atoms with van der Waals surface area (Å²) in [6, 6.07) is 0. The number of carboxylic acids is 3. The maximum absolute atomic E-state index is 9.49. The maximum atomic E-state index is 9.49. The van der Waals surface area contributed by atoms with Crippen LogP contribution in [0.15, 0.2) is 36.5 Å². The van der Waals surface area contributed by atoms with Crippen molar-refractivity contribution in [3.05, 3.63) is 36.5 Å². The van der Waals surface area contributed by atoms with Crippen LogP contribution < -0.4 is 15.3 Å². The van der Waals surface area contributed by atoms with Crippen LogP contribution in [0.5, 0.6) is 0 Å². The molecule has 1 radical (unpaired) electrons. The average molecular weight is 399 g/mol. The van der Waals surface area contributed by atoms with Crippen LogP contribution in [-0.4, -0.2) is 17.9 Å². The standard InChI is InChI=1S/3C4H6O2.Nd/c3*1-3(2)4(5)6;/h3*1H2,2H3,(H,5,6);/q;;;+3/p-3. The molecule has 0 amide bonds. The van der Waals surface area contributed by atoms with Crippen molar-refractivity contribution in [1.82, 2.24) is 0 Å². The van der Waals surface area contributed by atoms with Crippen LogP contribution in [0.25, 0.3) is 0 Å². The Hall–Kier alpha value is -1.02. The SMILES string of the molecule is C=C(C)C(=O)[O-].C=C(C)C(=O)[O-].C=C(C)C(=O)[O-].[Nd+3]. The molecule has 0 fully saturated rings. The smallest absolute Gasteiger partial charge is 0.545 e. The number of carbonyl (C=O) groups is 3. The molecule has 0 N–H and O–H groups in total. The van der Waals surface area contributed by atoms with Gasteiger partial charge in [-0.25, -0.2) is 0 Å². The number of hydrogen-bond acceptors (Lipinski definition) is 6. The molecule has 0 atom stereocenters. The Morgan fingerprint density at radius 2 is 0.684 bits per heavy atom. The van der Waals surface area contributed by atoms with Gasteiger partial charge in [0.25, 0.3) is 0 Å². The number of rotatable bonds is 3. The average Bonchev–Trinajstić information content (AvgIpc) is 2.18. The van der Waals surface area contributed by atoms with E-state index in [9.17, 15) is 29.7 Å². The van der Waals surface area contributed by atoms with E-state index in [0.29, 0.717) is 0 Å². The summed E-state index contributed by atoms with van der Waals surface area (Å²) < 4.78 is 0. The Balaban J connectivity index is -0.0000000865. The molecule has 103 valence electrons. The van der Waals surface area contributed by atoms with Crippen molar-refractivity contribution in [2.24, 2.45) is 0 Å². The molecule has 6 nitrogen and oxygen atoms in total. The van der Waals surface area contributed by atoms with E-state index in [1.807, 2.05) is 0 Å². The Morgan fingerprint density at radius 3 is 0.684 bits per heavy atom. The Kier molecular flexibility index (Phi) is 21.0. The van der Waals surface area contributed by atoms with E-state index in [-0.39, 0.29) is 57.6 Å². The van der Waals surface area contributed by atoms with Crippen molar-refractivity contribution >= 4 is 17.9 Å². The Labute approximate surface area is 145 Å². The van der Waals surface area contributed by atoms with Crippen molar-refractivity contribution in [1.29, 1.82) is 0 Å². The van der Waals surface area contributed by atoms with Crippen LogP contribution in [-0.2, 0) is 14.4 Å². The normalized spacial score (nSPS) is 7.11. The molecule has 0 saturated carbocycles. The number of aliphatic carboxylic acids is 3. The van der Waals surface area contributed by atoms with Gasteiger partial charge in [-0.05, 0) is 37.5 Å². The maximum Gasteiger partial charge on any atom is 3.00 e. The zero-order valence-corrected chi connectivity index (χ0v) is 14.3. The number of carbonyl (C=O) groups excluding carboxylic acids is 3. The van der Waals surface area contributed by atoms with Gasteiger partial charge in [-0.1, -0.05) is 19.7 Å². The molecule has 19 heavy (non-hydrogen) atoms. The van der Waals surface area contributed by atoms with Crippen molar-refractivity contribution in [2.45, 2.75) is 20.8 Å². The van der Waals surface area contributed by atoms with E-state index < -0.39 is 17.9 Å². The molecule has 0 aliphatic rings. The summed E-state index contributed by atoms with van der Waals surface area (Å²) in [5, 5.41) is 28.5. The van der Waals surface area contributed by atoms with Crippen LogP contribution in [0.1, 0.15) is 20.8 Å². The molecule has 0 aliphatic heterocycles. The first kappa shape index (κ1) is 26.5. The van der Waals surface area contributed by atoms with Crippen molar-refractivity contribution in [2.75, 3.05) is 0 Å². The zero-order valence-electron chi connectivity index (χ0n) is 11.1. The van der Waals surface area contributed by atoms with E-state index in [2.05, 4.69) is 19.7 Å². The Morgan fingerprint density at radius 1 is 0.632 bits per heavy atom. The van der Waals surface area contributed by atoms with Gasteiger partial charge in [-0.2, -0.15) is 0 Å². The molecule has 0 heterocycles. The number of carboxylic acid groups (broad SMARTS) is 3. The molecule has 7 heteroatoms. The number of hydrogen-bond donors (Lipinski definition) is 0. The van der Waals surface area contributed by atoms with Crippen LogP contribution in [0.4, 0.5) is 0 Å². The van der Waals surface area contributed by atoms with Gasteiger partial charge in [0.1, 0.15) is 0 Å². The van der Waals surface area contributed by atoms with Gasteiger partial charge in [0, 0.05) is 0 Å². The van der Waals surface area contributed by atoms with Crippen molar-refractivity contribution in [3.63, 3.8) is 0 Å². The van der Waals surface area contributed by atoms with Gasteiger partial charge >= 0.3 is 40.8 Å². The third-order valence-electron chi connectivity index (χ3n) is 1.05. The molecule has 0 aromatic heterocycles. The summed E-state index contributed by atoms with van der Waals surface area (Å²) in [5.41, 5.74) is 0.194. The predicted octanol–water partition coefficient (Wildman–Crippen LogP) is -2.06. The summed E-state index contributed by atoms with van der Waals surface area (Å²) in [6.07, 6.45) is 0.